The summed E-state index contributed by atoms with van der Waals surface area (Å²) in [5.41, 5.74) is -0.320. The molecule has 3 rings (SSSR count). The summed E-state index contributed by atoms with van der Waals surface area (Å²) in [6, 6.07) is 8.14. The number of carbonyl (C=O) groups is 2. The molecule has 142 valence electrons. The van der Waals surface area contributed by atoms with Crippen LogP contribution in [0.4, 0.5) is 11.4 Å². The topological polar surface area (TPSA) is 134 Å². The van der Waals surface area contributed by atoms with Gasteiger partial charge in [0, 0.05) is 30.5 Å². The van der Waals surface area contributed by atoms with Crippen LogP contribution in [0.5, 0.6) is 0 Å². The number of ether oxygens (including phenoxy) is 2. The molecule has 0 unspecified atom stereocenters. The summed E-state index contributed by atoms with van der Waals surface area (Å²) < 4.78 is 10.1. The molecule has 0 radical (unpaired) electrons. The van der Waals surface area contributed by atoms with Gasteiger partial charge in [-0.1, -0.05) is 0 Å². The first kappa shape index (κ1) is 18.4. The van der Waals surface area contributed by atoms with E-state index in [0.29, 0.717) is 18.9 Å². The summed E-state index contributed by atoms with van der Waals surface area (Å²) >= 11 is 0. The van der Waals surface area contributed by atoms with Crippen molar-refractivity contribution in [1.29, 1.82) is 0 Å². The molecular weight excluding hydrogens is 356 g/mol. The fourth-order valence-corrected chi connectivity index (χ4v) is 2.56. The lowest BCUT2D eigenvalue weighted by atomic mass is 10.2. The number of esters is 1. The monoisotopic (exact) mass is 374 g/mol. The van der Waals surface area contributed by atoms with Gasteiger partial charge in [-0.05, 0) is 24.3 Å². The van der Waals surface area contributed by atoms with Crippen molar-refractivity contribution in [2.75, 3.05) is 43.1 Å². The fraction of sp³-hybridized carbons (Fsp3) is 0.294. The Morgan fingerprint density at radius 2 is 1.81 bits per heavy atom. The first-order valence-corrected chi connectivity index (χ1v) is 8.24. The summed E-state index contributed by atoms with van der Waals surface area (Å²) in [7, 11) is 0. The van der Waals surface area contributed by atoms with Crippen LogP contribution >= 0.6 is 0 Å². The highest BCUT2D eigenvalue weighted by molar-refractivity contribution is 5.94. The van der Waals surface area contributed by atoms with Crippen molar-refractivity contribution >= 4 is 23.3 Å². The zero-order chi connectivity index (χ0) is 19.2. The molecule has 1 aromatic heterocycles. The molecule has 10 heteroatoms. The van der Waals surface area contributed by atoms with E-state index in [2.05, 4.69) is 15.2 Å². The molecular formula is C17H18N4O6. The number of nitrogens with zero attached hydrogens (tertiary/aromatic N) is 1. The summed E-state index contributed by atoms with van der Waals surface area (Å²) in [4.78, 5) is 52.2. The number of carbonyl (C=O) groups excluding carboxylic acids is 2. The highest BCUT2D eigenvalue weighted by atomic mass is 16.5. The lowest BCUT2D eigenvalue weighted by Gasteiger charge is -2.28. The van der Waals surface area contributed by atoms with Gasteiger partial charge in [-0.15, -0.1) is 0 Å². The van der Waals surface area contributed by atoms with Crippen LogP contribution in [0.3, 0.4) is 0 Å². The average Bonchev–Trinajstić information content (AvgIpc) is 2.66. The molecule has 1 amide bonds. The molecule has 1 aliphatic rings. The van der Waals surface area contributed by atoms with Crippen LogP contribution in [0, 0.1) is 0 Å². The van der Waals surface area contributed by atoms with Gasteiger partial charge < -0.3 is 24.7 Å². The largest absolute Gasteiger partial charge is 0.451 e. The average molecular weight is 374 g/mol. The Labute approximate surface area is 153 Å². The number of aromatic nitrogens is 2. The minimum Gasteiger partial charge on any atom is -0.451 e. The number of anilines is 2. The summed E-state index contributed by atoms with van der Waals surface area (Å²) in [6.07, 6.45) is 0. The number of H-pyrrole nitrogens is 2. The van der Waals surface area contributed by atoms with Crippen molar-refractivity contribution in [3.05, 3.63) is 56.9 Å². The van der Waals surface area contributed by atoms with Gasteiger partial charge in [-0.3, -0.25) is 14.6 Å². The molecule has 0 aliphatic carbocycles. The lowest BCUT2D eigenvalue weighted by molar-refractivity contribution is -0.119. The Morgan fingerprint density at radius 3 is 2.48 bits per heavy atom. The van der Waals surface area contributed by atoms with Crippen LogP contribution in [-0.2, 0) is 14.3 Å². The van der Waals surface area contributed by atoms with Crippen molar-refractivity contribution in [2.24, 2.45) is 0 Å². The number of morpholine rings is 1. The van der Waals surface area contributed by atoms with Crippen molar-refractivity contribution in [3.63, 3.8) is 0 Å². The van der Waals surface area contributed by atoms with Gasteiger partial charge in [-0.2, -0.15) is 0 Å². The molecule has 0 saturated carbocycles. The van der Waals surface area contributed by atoms with Gasteiger partial charge in [0.05, 0.1) is 13.2 Å². The Hall–Kier alpha value is -3.40. The van der Waals surface area contributed by atoms with Crippen LogP contribution in [0.1, 0.15) is 10.5 Å². The molecule has 27 heavy (non-hydrogen) atoms. The normalized spacial score (nSPS) is 13.9. The highest BCUT2D eigenvalue weighted by Gasteiger charge is 2.13. The minimum absolute atomic E-state index is 0.327. The second-order valence-corrected chi connectivity index (χ2v) is 5.77. The van der Waals surface area contributed by atoms with E-state index >= 15 is 0 Å². The van der Waals surface area contributed by atoms with Crippen LogP contribution < -0.4 is 21.5 Å². The Balaban J connectivity index is 1.52. The van der Waals surface area contributed by atoms with Crippen LogP contribution in [0.25, 0.3) is 0 Å². The maximum Gasteiger partial charge on any atom is 0.355 e. The molecule has 2 heterocycles. The molecule has 3 N–H and O–H groups in total. The first-order valence-electron chi connectivity index (χ1n) is 8.24. The van der Waals surface area contributed by atoms with Crippen molar-refractivity contribution in [1.82, 2.24) is 9.97 Å². The van der Waals surface area contributed by atoms with Crippen molar-refractivity contribution < 1.29 is 19.1 Å². The van der Waals surface area contributed by atoms with Crippen LogP contribution in [0.15, 0.2) is 39.9 Å². The maximum absolute atomic E-state index is 11.9. The van der Waals surface area contributed by atoms with Gasteiger partial charge >= 0.3 is 11.7 Å². The third kappa shape index (κ3) is 5.05. The molecule has 2 aromatic rings. The number of hydrogen-bond acceptors (Lipinski definition) is 7. The number of hydrogen-bond donors (Lipinski definition) is 3. The Morgan fingerprint density at radius 1 is 1.11 bits per heavy atom. The van der Waals surface area contributed by atoms with E-state index in [4.69, 9.17) is 9.47 Å². The highest BCUT2D eigenvalue weighted by Crippen LogP contribution is 2.18. The molecule has 0 bridgehead atoms. The maximum atomic E-state index is 11.9. The number of amides is 1. The molecule has 0 spiro atoms. The van der Waals surface area contributed by atoms with Crippen LogP contribution in [0.2, 0.25) is 0 Å². The zero-order valence-electron chi connectivity index (χ0n) is 14.3. The third-order valence-electron chi connectivity index (χ3n) is 3.84. The predicted octanol–water partition coefficient (Wildman–Crippen LogP) is -0.305. The standard InChI is InChI=1S/C17H18N4O6/c22-14-9-13(19-17(25)20-14)16(24)27-10-15(23)18-11-1-3-12(4-2-11)21-5-7-26-8-6-21/h1-4,9H,5-8,10H2,(H,18,23)(H2,19,20,22,25). The zero-order valence-corrected chi connectivity index (χ0v) is 14.3. The van der Waals surface area contributed by atoms with E-state index in [9.17, 15) is 19.2 Å². The second kappa shape index (κ2) is 8.32. The molecule has 1 aromatic carbocycles. The van der Waals surface area contributed by atoms with E-state index in [0.717, 1.165) is 24.8 Å². The van der Waals surface area contributed by atoms with Gasteiger partial charge in [0.1, 0.15) is 5.69 Å². The SMILES string of the molecule is O=C(COC(=O)c1cc(=O)[nH]c(=O)[nH]1)Nc1ccc(N2CCOCC2)cc1. The number of benzene rings is 1. The summed E-state index contributed by atoms with van der Waals surface area (Å²) in [6.45, 7) is 2.43. The lowest BCUT2D eigenvalue weighted by Crippen LogP contribution is -2.36. The third-order valence-corrected chi connectivity index (χ3v) is 3.84. The second-order valence-electron chi connectivity index (χ2n) is 5.77. The Kier molecular flexibility index (Phi) is 5.67. The van der Waals surface area contributed by atoms with E-state index in [-0.39, 0.29) is 5.69 Å². The fourth-order valence-electron chi connectivity index (χ4n) is 2.56. The van der Waals surface area contributed by atoms with E-state index in [1.165, 1.54) is 0 Å². The van der Waals surface area contributed by atoms with E-state index in [1.54, 1.807) is 12.1 Å². The summed E-state index contributed by atoms with van der Waals surface area (Å²) in [5, 5.41) is 2.60. The van der Waals surface area contributed by atoms with Gasteiger partial charge in [0.15, 0.2) is 6.61 Å². The predicted molar refractivity (Wildman–Crippen MR) is 96.1 cm³/mol. The van der Waals surface area contributed by atoms with Crippen molar-refractivity contribution in [2.45, 2.75) is 0 Å². The molecule has 10 nitrogen and oxygen atoms in total. The molecule has 0 atom stereocenters. The molecule has 1 aliphatic heterocycles. The van der Waals surface area contributed by atoms with Gasteiger partial charge in [-0.25, -0.2) is 9.59 Å². The van der Waals surface area contributed by atoms with Gasteiger partial charge in [0.25, 0.3) is 11.5 Å². The van der Waals surface area contributed by atoms with Crippen molar-refractivity contribution in [3.8, 4) is 0 Å². The van der Waals surface area contributed by atoms with E-state index < -0.39 is 29.7 Å². The number of nitrogens with one attached hydrogen (secondary N) is 3. The number of aromatic amines is 2. The molecule has 1 saturated heterocycles. The smallest absolute Gasteiger partial charge is 0.355 e. The minimum atomic E-state index is -0.976. The quantitative estimate of drug-likeness (QED) is 0.612. The van der Waals surface area contributed by atoms with Crippen LogP contribution in [-0.4, -0.2) is 54.8 Å². The molecule has 1 fully saturated rings. The van der Waals surface area contributed by atoms with E-state index in [1.807, 2.05) is 17.1 Å². The first-order chi connectivity index (χ1) is 13.0. The van der Waals surface area contributed by atoms with Gasteiger partial charge in [0.2, 0.25) is 0 Å². The summed E-state index contributed by atoms with van der Waals surface area (Å²) in [5.74, 6) is -1.52. The number of rotatable bonds is 5. The Bertz CT molecular complexity index is 899.